The highest BCUT2D eigenvalue weighted by atomic mass is 32.1. The molecule has 1 aliphatic carbocycles. The van der Waals surface area contributed by atoms with Crippen molar-refractivity contribution < 1.29 is 29.3 Å². The van der Waals surface area contributed by atoms with Gasteiger partial charge in [0.2, 0.25) is 0 Å². The van der Waals surface area contributed by atoms with Gasteiger partial charge in [-0.25, -0.2) is 14.6 Å². The van der Waals surface area contributed by atoms with Crippen molar-refractivity contribution in [2.24, 2.45) is 0 Å². The number of carboxylic acid groups (broad SMARTS) is 1. The number of alkyl carbamates (subject to hydrolysis) is 1. The molecule has 4 N–H and O–H groups in total. The summed E-state index contributed by atoms with van der Waals surface area (Å²) in [4.78, 5) is 39.9. The van der Waals surface area contributed by atoms with E-state index in [0.717, 1.165) is 33.6 Å². The van der Waals surface area contributed by atoms with Crippen LogP contribution in [0, 0.1) is 0 Å². The van der Waals surface area contributed by atoms with Crippen LogP contribution in [-0.2, 0) is 16.1 Å². The largest absolute Gasteiger partial charge is 0.480 e. The number of thiazole rings is 1. The maximum Gasteiger partial charge on any atom is 0.407 e. The van der Waals surface area contributed by atoms with E-state index in [1.165, 1.54) is 13.1 Å². The first-order valence-electron chi connectivity index (χ1n) is 10.6. The highest BCUT2D eigenvalue weighted by Crippen LogP contribution is 2.44. The standard InChI is InChI=1S/C24H23N3O6S/c1-13(28)21(23(30)31)27-22(29)19-10-25-20(34-19)11-26-24(32)33-12-18-16-8-4-2-6-14(16)15-7-3-5-9-17(15)18/h2-10,13,18,21,28H,11-12H2,1H3,(H,26,32)(H,27,29)(H,30,31)/t13-,21+/m1/s1. The molecule has 9 nitrogen and oxygen atoms in total. The highest BCUT2D eigenvalue weighted by molar-refractivity contribution is 7.13. The molecule has 3 aromatic rings. The van der Waals surface area contributed by atoms with Gasteiger partial charge < -0.3 is 25.6 Å². The summed E-state index contributed by atoms with van der Waals surface area (Å²) in [5.74, 6) is -2.06. The molecule has 0 radical (unpaired) electrons. The lowest BCUT2D eigenvalue weighted by Gasteiger charge is -2.16. The number of ether oxygens (including phenoxy) is 1. The number of nitrogens with zero attached hydrogens (tertiary/aromatic N) is 1. The Hall–Kier alpha value is -3.76. The zero-order chi connectivity index (χ0) is 24.2. The number of benzene rings is 2. The summed E-state index contributed by atoms with van der Waals surface area (Å²) in [6.07, 6.45) is -0.581. The molecular formula is C24H23N3O6S. The summed E-state index contributed by atoms with van der Waals surface area (Å²) in [5.41, 5.74) is 4.51. The zero-order valence-electron chi connectivity index (χ0n) is 18.2. The first-order chi connectivity index (χ1) is 16.3. The second-order valence-electron chi connectivity index (χ2n) is 7.83. The third-order valence-electron chi connectivity index (χ3n) is 5.54. The molecule has 34 heavy (non-hydrogen) atoms. The third-order valence-corrected chi connectivity index (χ3v) is 6.54. The molecule has 2 amide bonds. The molecule has 0 bridgehead atoms. The Morgan fingerprint density at radius 2 is 1.71 bits per heavy atom. The lowest BCUT2D eigenvalue weighted by Crippen LogP contribution is -2.47. The number of nitrogens with one attached hydrogen (secondary N) is 2. The molecule has 0 aliphatic heterocycles. The van der Waals surface area contributed by atoms with Crippen LogP contribution in [0.5, 0.6) is 0 Å². The Bertz CT molecular complexity index is 1180. The van der Waals surface area contributed by atoms with Crippen LogP contribution in [0.4, 0.5) is 4.79 Å². The molecular weight excluding hydrogens is 458 g/mol. The number of aromatic nitrogens is 1. The molecule has 0 saturated carbocycles. The second-order valence-corrected chi connectivity index (χ2v) is 8.94. The van der Waals surface area contributed by atoms with Gasteiger partial charge in [-0.3, -0.25) is 4.79 Å². The first kappa shape index (κ1) is 23.4. The summed E-state index contributed by atoms with van der Waals surface area (Å²) in [6.45, 7) is 1.50. The smallest absolute Gasteiger partial charge is 0.407 e. The molecule has 2 aromatic carbocycles. The third kappa shape index (κ3) is 4.92. The van der Waals surface area contributed by atoms with E-state index < -0.39 is 30.1 Å². The highest BCUT2D eigenvalue weighted by Gasteiger charge is 2.29. The van der Waals surface area contributed by atoms with E-state index in [-0.39, 0.29) is 23.9 Å². The van der Waals surface area contributed by atoms with Gasteiger partial charge in [-0.2, -0.15) is 0 Å². The number of aliphatic carboxylic acids is 1. The van der Waals surface area contributed by atoms with Gasteiger partial charge >= 0.3 is 12.1 Å². The van der Waals surface area contributed by atoms with E-state index in [1.807, 2.05) is 36.4 Å². The van der Waals surface area contributed by atoms with Crippen LogP contribution < -0.4 is 10.6 Å². The number of hydrogen-bond donors (Lipinski definition) is 4. The molecule has 0 saturated heterocycles. The van der Waals surface area contributed by atoms with Crippen molar-refractivity contribution in [3.8, 4) is 11.1 Å². The second kappa shape index (κ2) is 10.0. The summed E-state index contributed by atoms with van der Waals surface area (Å²) in [5, 5.41) is 23.9. The van der Waals surface area contributed by atoms with E-state index in [2.05, 4.69) is 27.8 Å². The number of aliphatic hydroxyl groups is 1. The van der Waals surface area contributed by atoms with Crippen molar-refractivity contribution >= 4 is 29.3 Å². The predicted molar refractivity (Wildman–Crippen MR) is 125 cm³/mol. The van der Waals surface area contributed by atoms with Gasteiger partial charge in [-0.1, -0.05) is 48.5 Å². The molecule has 0 fully saturated rings. The fourth-order valence-electron chi connectivity index (χ4n) is 3.90. The van der Waals surface area contributed by atoms with Crippen molar-refractivity contribution in [1.29, 1.82) is 0 Å². The maximum atomic E-state index is 12.3. The van der Waals surface area contributed by atoms with Crippen LogP contribution in [0.25, 0.3) is 11.1 Å². The van der Waals surface area contributed by atoms with Crippen molar-refractivity contribution in [3.63, 3.8) is 0 Å². The molecule has 1 aliphatic rings. The van der Waals surface area contributed by atoms with Gasteiger partial charge in [0.25, 0.3) is 5.91 Å². The lowest BCUT2D eigenvalue weighted by molar-refractivity contribution is -0.141. The minimum atomic E-state index is -1.43. The molecule has 1 aromatic heterocycles. The Balaban J connectivity index is 1.31. The molecule has 0 spiro atoms. The van der Waals surface area contributed by atoms with E-state index in [1.54, 1.807) is 0 Å². The fourth-order valence-corrected chi connectivity index (χ4v) is 4.66. The Morgan fingerprint density at radius 1 is 1.09 bits per heavy atom. The summed E-state index contributed by atoms with van der Waals surface area (Å²) < 4.78 is 5.48. The number of carbonyl (C=O) groups excluding carboxylic acids is 2. The first-order valence-corrected chi connectivity index (χ1v) is 11.4. The minimum Gasteiger partial charge on any atom is -0.480 e. The van der Waals surface area contributed by atoms with Crippen LogP contribution in [0.15, 0.2) is 54.7 Å². The summed E-state index contributed by atoms with van der Waals surface area (Å²) in [6, 6.07) is 14.7. The van der Waals surface area contributed by atoms with Crippen LogP contribution in [-0.4, -0.2) is 51.9 Å². The topological polar surface area (TPSA) is 138 Å². The van der Waals surface area contributed by atoms with E-state index >= 15 is 0 Å². The SMILES string of the molecule is C[C@@H](O)[C@H](NC(=O)c1cnc(CNC(=O)OCC2c3ccccc3-c3ccccc32)s1)C(=O)O. The summed E-state index contributed by atoms with van der Waals surface area (Å²) in [7, 11) is 0. The number of aliphatic hydroxyl groups excluding tert-OH is 1. The van der Waals surface area contributed by atoms with Crippen molar-refractivity contribution in [1.82, 2.24) is 15.6 Å². The number of carboxylic acids is 1. The molecule has 0 unspecified atom stereocenters. The van der Waals surface area contributed by atoms with Crippen molar-refractivity contribution in [2.75, 3.05) is 6.61 Å². The Labute approximate surface area is 199 Å². The normalized spacial score (nSPS) is 13.9. The minimum absolute atomic E-state index is 0.0490. The zero-order valence-corrected chi connectivity index (χ0v) is 19.0. The van der Waals surface area contributed by atoms with Gasteiger partial charge in [-0.05, 0) is 29.2 Å². The quantitative estimate of drug-likeness (QED) is 0.388. The lowest BCUT2D eigenvalue weighted by atomic mass is 9.98. The Kier molecular flexibility index (Phi) is 6.90. The molecule has 1 heterocycles. The van der Waals surface area contributed by atoms with Gasteiger partial charge in [0.15, 0.2) is 6.04 Å². The maximum absolute atomic E-state index is 12.3. The molecule has 176 valence electrons. The van der Waals surface area contributed by atoms with Crippen LogP contribution in [0.3, 0.4) is 0 Å². The van der Waals surface area contributed by atoms with Crippen LogP contribution in [0.1, 0.15) is 38.6 Å². The monoisotopic (exact) mass is 481 g/mol. The number of hydrogen-bond acceptors (Lipinski definition) is 7. The van der Waals surface area contributed by atoms with Gasteiger partial charge in [0, 0.05) is 5.92 Å². The van der Waals surface area contributed by atoms with Gasteiger partial charge in [0.1, 0.15) is 16.5 Å². The van der Waals surface area contributed by atoms with E-state index in [9.17, 15) is 19.5 Å². The van der Waals surface area contributed by atoms with Gasteiger partial charge in [0.05, 0.1) is 18.8 Å². The fraction of sp³-hybridized carbons (Fsp3) is 0.250. The number of carbonyl (C=O) groups is 3. The predicted octanol–water partition coefficient (Wildman–Crippen LogP) is 2.75. The van der Waals surface area contributed by atoms with Crippen LogP contribution >= 0.6 is 11.3 Å². The summed E-state index contributed by atoms with van der Waals surface area (Å²) >= 11 is 1.01. The van der Waals surface area contributed by atoms with Gasteiger partial charge in [-0.15, -0.1) is 11.3 Å². The van der Waals surface area contributed by atoms with Crippen molar-refractivity contribution in [2.45, 2.75) is 31.5 Å². The van der Waals surface area contributed by atoms with Crippen LogP contribution in [0.2, 0.25) is 0 Å². The average molecular weight is 482 g/mol. The Morgan fingerprint density at radius 3 is 2.29 bits per heavy atom. The molecule has 4 rings (SSSR count). The van der Waals surface area contributed by atoms with E-state index in [0.29, 0.717) is 5.01 Å². The number of amides is 2. The average Bonchev–Trinajstić information content (AvgIpc) is 3.42. The number of fused-ring (bicyclic) bond motifs is 3. The van der Waals surface area contributed by atoms with E-state index in [4.69, 9.17) is 9.84 Å². The number of rotatable bonds is 8. The molecule has 2 atom stereocenters. The van der Waals surface area contributed by atoms with Crippen molar-refractivity contribution in [3.05, 3.63) is 75.7 Å². The molecule has 10 heteroatoms.